The van der Waals surface area contributed by atoms with Crippen LogP contribution in [-0.4, -0.2) is 36.5 Å². The van der Waals surface area contributed by atoms with Crippen molar-refractivity contribution in [3.63, 3.8) is 0 Å². The van der Waals surface area contributed by atoms with E-state index >= 15 is 0 Å². The average Bonchev–Trinajstić information content (AvgIpc) is 3.18. The number of hydrogen-bond donors (Lipinski definition) is 1. The average molecular weight is 334 g/mol. The molecule has 0 aliphatic carbocycles. The van der Waals surface area contributed by atoms with Crippen molar-refractivity contribution < 1.29 is 14.0 Å². The molecule has 3 rings (SSSR count). The highest BCUT2D eigenvalue weighted by Crippen LogP contribution is 2.22. The monoisotopic (exact) mass is 333 g/mol. The highest BCUT2D eigenvalue weighted by atomic mass is 35.5. The van der Waals surface area contributed by atoms with Crippen LogP contribution < -0.4 is 10.2 Å². The van der Waals surface area contributed by atoms with E-state index in [0.717, 1.165) is 5.69 Å². The summed E-state index contributed by atoms with van der Waals surface area (Å²) < 4.78 is 5.15. The number of amides is 3. The number of rotatable bonds is 5. The predicted molar refractivity (Wildman–Crippen MR) is 86.3 cm³/mol. The number of hydrogen-bond acceptors (Lipinski definition) is 3. The maximum Gasteiger partial charge on any atom is 0.325 e. The van der Waals surface area contributed by atoms with Crippen molar-refractivity contribution in [2.24, 2.45) is 0 Å². The number of benzene rings is 1. The first-order valence-corrected chi connectivity index (χ1v) is 7.62. The Bertz CT molecular complexity index is 685. The summed E-state index contributed by atoms with van der Waals surface area (Å²) in [5.41, 5.74) is 0.776. The van der Waals surface area contributed by atoms with Gasteiger partial charge in [0.15, 0.2) is 0 Å². The molecule has 3 amide bonds. The minimum Gasteiger partial charge on any atom is -0.467 e. The molecule has 0 radical (unpaired) electrons. The van der Waals surface area contributed by atoms with E-state index < -0.39 is 0 Å². The van der Waals surface area contributed by atoms with Crippen LogP contribution in [0.3, 0.4) is 0 Å². The van der Waals surface area contributed by atoms with Crippen LogP contribution in [0.15, 0.2) is 47.1 Å². The first-order chi connectivity index (χ1) is 11.1. The molecule has 6 nitrogen and oxygen atoms in total. The molecule has 0 saturated carbocycles. The number of nitrogens with zero attached hydrogens (tertiary/aromatic N) is 2. The van der Waals surface area contributed by atoms with Gasteiger partial charge in [-0.05, 0) is 36.4 Å². The lowest BCUT2D eigenvalue weighted by atomic mass is 10.3. The predicted octanol–water partition coefficient (Wildman–Crippen LogP) is 2.49. The summed E-state index contributed by atoms with van der Waals surface area (Å²) in [6, 6.07) is 10.4. The minimum atomic E-state index is -0.215. The molecule has 1 saturated heterocycles. The van der Waals surface area contributed by atoms with Crippen LogP contribution in [0.1, 0.15) is 5.76 Å². The molecule has 0 bridgehead atoms. The van der Waals surface area contributed by atoms with Gasteiger partial charge in [0.05, 0.1) is 12.8 Å². The third kappa shape index (κ3) is 3.65. The zero-order valence-electron chi connectivity index (χ0n) is 12.4. The summed E-state index contributed by atoms with van der Waals surface area (Å²) in [7, 11) is 0. The molecule has 1 aliphatic rings. The summed E-state index contributed by atoms with van der Waals surface area (Å²) in [6.07, 6.45) is 1.55. The Morgan fingerprint density at radius 1 is 1.22 bits per heavy atom. The van der Waals surface area contributed by atoms with E-state index in [1.54, 1.807) is 47.6 Å². The van der Waals surface area contributed by atoms with Crippen LogP contribution in [0, 0.1) is 0 Å². The number of carbonyl (C=O) groups is 2. The maximum absolute atomic E-state index is 12.4. The number of urea groups is 1. The molecule has 2 aromatic rings. The Labute approximate surface area is 138 Å². The van der Waals surface area contributed by atoms with E-state index in [9.17, 15) is 9.59 Å². The number of halogens is 1. The minimum absolute atomic E-state index is 0.0314. The summed E-state index contributed by atoms with van der Waals surface area (Å²) in [5.74, 6) is 0.460. The van der Waals surface area contributed by atoms with Gasteiger partial charge in [-0.2, -0.15) is 0 Å². The van der Waals surface area contributed by atoms with Crippen LogP contribution in [0.4, 0.5) is 10.5 Å². The largest absolute Gasteiger partial charge is 0.467 e. The Balaban J connectivity index is 1.54. The molecule has 0 atom stereocenters. The zero-order chi connectivity index (χ0) is 16.2. The quantitative estimate of drug-likeness (QED) is 0.914. The van der Waals surface area contributed by atoms with Gasteiger partial charge in [0.1, 0.15) is 12.3 Å². The van der Waals surface area contributed by atoms with Crippen molar-refractivity contribution in [2.45, 2.75) is 6.54 Å². The van der Waals surface area contributed by atoms with Crippen molar-refractivity contribution in [1.29, 1.82) is 0 Å². The lowest BCUT2D eigenvalue weighted by Crippen LogP contribution is -2.39. The van der Waals surface area contributed by atoms with E-state index in [-0.39, 0.29) is 18.5 Å². The Morgan fingerprint density at radius 2 is 2.00 bits per heavy atom. The molecule has 23 heavy (non-hydrogen) atoms. The highest BCUT2D eigenvalue weighted by molar-refractivity contribution is 6.30. The van der Waals surface area contributed by atoms with E-state index in [1.807, 2.05) is 0 Å². The van der Waals surface area contributed by atoms with Crippen molar-refractivity contribution in [1.82, 2.24) is 10.2 Å². The summed E-state index contributed by atoms with van der Waals surface area (Å²) in [5, 5.41) is 3.35. The second kappa shape index (κ2) is 6.75. The standard InChI is InChI=1S/C16H16ClN3O3/c17-12-3-5-13(6-4-12)20-8-7-19(16(20)22)11-15(21)18-10-14-2-1-9-23-14/h1-6,9H,7-8,10-11H2,(H,18,21). The van der Waals surface area contributed by atoms with Crippen LogP contribution in [0.5, 0.6) is 0 Å². The molecule has 0 unspecified atom stereocenters. The van der Waals surface area contributed by atoms with Crippen molar-refractivity contribution >= 4 is 29.2 Å². The zero-order valence-corrected chi connectivity index (χ0v) is 13.1. The fourth-order valence-electron chi connectivity index (χ4n) is 2.42. The van der Waals surface area contributed by atoms with Crippen molar-refractivity contribution in [3.8, 4) is 0 Å². The molecule has 1 N–H and O–H groups in total. The molecule has 1 aromatic carbocycles. The number of nitrogens with one attached hydrogen (secondary N) is 1. The fourth-order valence-corrected chi connectivity index (χ4v) is 2.54. The number of carbonyl (C=O) groups excluding carboxylic acids is 2. The third-order valence-corrected chi connectivity index (χ3v) is 3.86. The van der Waals surface area contributed by atoms with Crippen LogP contribution in [0.25, 0.3) is 0 Å². The SMILES string of the molecule is O=C(CN1CCN(c2ccc(Cl)cc2)C1=O)NCc1ccco1. The molecule has 7 heteroatoms. The van der Waals surface area contributed by atoms with Gasteiger partial charge in [-0.25, -0.2) is 4.79 Å². The topological polar surface area (TPSA) is 65.8 Å². The maximum atomic E-state index is 12.4. The summed E-state index contributed by atoms with van der Waals surface area (Å²) >= 11 is 5.85. The Hall–Kier alpha value is -2.47. The molecular weight excluding hydrogens is 318 g/mol. The van der Waals surface area contributed by atoms with Gasteiger partial charge in [0.2, 0.25) is 5.91 Å². The van der Waals surface area contributed by atoms with Gasteiger partial charge < -0.3 is 14.6 Å². The Kier molecular flexibility index (Phi) is 4.52. The van der Waals surface area contributed by atoms with Gasteiger partial charge in [-0.15, -0.1) is 0 Å². The van der Waals surface area contributed by atoms with Gasteiger partial charge >= 0.3 is 6.03 Å². The van der Waals surface area contributed by atoms with E-state index in [0.29, 0.717) is 30.4 Å². The van der Waals surface area contributed by atoms with E-state index in [4.69, 9.17) is 16.0 Å². The van der Waals surface area contributed by atoms with Crippen LogP contribution in [-0.2, 0) is 11.3 Å². The normalized spacial score (nSPS) is 14.4. The molecule has 1 aromatic heterocycles. The fraction of sp³-hybridized carbons (Fsp3) is 0.250. The van der Waals surface area contributed by atoms with Crippen LogP contribution >= 0.6 is 11.6 Å². The molecule has 2 heterocycles. The van der Waals surface area contributed by atoms with Crippen molar-refractivity contribution in [2.75, 3.05) is 24.5 Å². The number of furan rings is 1. The van der Waals surface area contributed by atoms with Gasteiger partial charge in [0.25, 0.3) is 0 Å². The van der Waals surface area contributed by atoms with E-state index in [2.05, 4.69) is 5.32 Å². The van der Waals surface area contributed by atoms with Gasteiger partial charge in [0, 0.05) is 23.8 Å². The van der Waals surface area contributed by atoms with Crippen molar-refractivity contribution in [3.05, 3.63) is 53.4 Å². The lowest BCUT2D eigenvalue weighted by Gasteiger charge is -2.18. The molecule has 1 fully saturated rings. The smallest absolute Gasteiger partial charge is 0.325 e. The Morgan fingerprint density at radius 3 is 2.70 bits per heavy atom. The van der Waals surface area contributed by atoms with Gasteiger partial charge in [-0.3, -0.25) is 9.69 Å². The highest BCUT2D eigenvalue weighted by Gasteiger charge is 2.30. The molecular formula is C16H16ClN3O3. The molecule has 120 valence electrons. The molecule has 1 aliphatic heterocycles. The lowest BCUT2D eigenvalue weighted by molar-refractivity contribution is -0.121. The summed E-state index contributed by atoms with van der Waals surface area (Å²) in [4.78, 5) is 27.5. The van der Waals surface area contributed by atoms with Crippen LogP contribution in [0.2, 0.25) is 5.02 Å². The van der Waals surface area contributed by atoms with Gasteiger partial charge in [-0.1, -0.05) is 11.6 Å². The third-order valence-electron chi connectivity index (χ3n) is 3.61. The first kappa shape index (κ1) is 15.4. The summed E-state index contributed by atoms with van der Waals surface area (Å²) in [6.45, 7) is 1.40. The second-order valence-corrected chi connectivity index (χ2v) is 5.62. The first-order valence-electron chi connectivity index (χ1n) is 7.24. The van der Waals surface area contributed by atoms with E-state index in [1.165, 1.54) is 4.90 Å². The molecule has 0 spiro atoms. The second-order valence-electron chi connectivity index (χ2n) is 5.19. The number of anilines is 1.